The van der Waals surface area contributed by atoms with Gasteiger partial charge in [0.15, 0.2) is 0 Å². The van der Waals surface area contributed by atoms with Gasteiger partial charge in [0.2, 0.25) is 5.91 Å². The van der Waals surface area contributed by atoms with Crippen LogP contribution in [-0.4, -0.2) is 34.5 Å². The van der Waals surface area contributed by atoms with Gasteiger partial charge in [0.25, 0.3) is 5.91 Å². The second kappa shape index (κ2) is 5.62. The Kier molecular flexibility index (Phi) is 4.08. The molecule has 1 aromatic rings. The van der Waals surface area contributed by atoms with Gasteiger partial charge in [-0.2, -0.15) is 0 Å². The number of hydrogen-bond acceptors (Lipinski definition) is 4. The number of nitrogens with one attached hydrogen (secondary N) is 2. The maximum atomic E-state index is 12.0. The lowest BCUT2D eigenvalue weighted by molar-refractivity contribution is -0.152. The topological polar surface area (TPSA) is 95.5 Å². The van der Waals surface area contributed by atoms with E-state index in [1.807, 2.05) is 0 Å². The average Bonchev–Trinajstić information content (AvgIpc) is 2.86. The second-order valence-electron chi connectivity index (χ2n) is 4.90. The maximum Gasteiger partial charge on any atom is 0.329 e. The summed E-state index contributed by atoms with van der Waals surface area (Å²) in [5, 5.41) is 16.0. The molecular weight excluding hydrogens is 280 g/mol. The third kappa shape index (κ3) is 2.82. The van der Waals surface area contributed by atoms with Gasteiger partial charge < -0.3 is 15.7 Å². The normalized spacial score (nSPS) is 17.6. The Hall–Kier alpha value is -1.89. The SMILES string of the molecule is CC(NC(=O)c1cccs1)C(=O)NC1(C(=O)O)CCC1. The van der Waals surface area contributed by atoms with Gasteiger partial charge in [-0.15, -0.1) is 11.3 Å². The molecule has 6 nitrogen and oxygen atoms in total. The predicted molar refractivity (Wildman–Crippen MR) is 73.6 cm³/mol. The summed E-state index contributed by atoms with van der Waals surface area (Å²) in [4.78, 5) is 35.5. The molecule has 0 radical (unpaired) electrons. The predicted octanol–water partition coefficient (Wildman–Crippen LogP) is 0.990. The van der Waals surface area contributed by atoms with E-state index in [-0.39, 0.29) is 5.91 Å². The standard InChI is InChI=1S/C13H16N2O4S/c1-8(14-11(17)9-4-2-7-20-9)10(16)15-13(12(18)19)5-3-6-13/h2,4,7-8H,3,5-6H2,1H3,(H,14,17)(H,15,16)(H,18,19). The molecule has 0 aromatic carbocycles. The summed E-state index contributed by atoms with van der Waals surface area (Å²) in [7, 11) is 0. The van der Waals surface area contributed by atoms with Crippen molar-refractivity contribution in [3.63, 3.8) is 0 Å². The number of carboxylic acid groups (broad SMARTS) is 1. The van der Waals surface area contributed by atoms with E-state index in [1.165, 1.54) is 18.3 Å². The smallest absolute Gasteiger partial charge is 0.329 e. The zero-order valence-corrected chi connectivity index (χ0v) is 11.8. The summed E-state index contributed by atoms with van der Waals surface area (Å²) in [6.45, 7) is 1.54. The van der Waals surface area contributed by atoms with Crippen molar-refractivity contribution >= 4 is 29.1 Å². The molecule has 0 aliphatic heterocycles. The van der Waals surface area contributed by atoms with Gasteiger partial charge in [-0.05, 0) is 37.6 Å². The highest BCUT2D eigenvalue weighted by Crippen LogP contribution is 2.32. The summed E-state index contributed by atoms with van der Waals surface area (Å²) in [5.74, 6) is -1.83. The fourth-order valence-electron chi connectivity index (χ4n) is 2.01. The number of amides is 2. The van der Waals surface area contributed by atoms with Gasteiger partial charge in [0.05, 0.1) is 4.88 Å². The first-order chi connectivity index (χ1) is 9.44. The first kappa shape index (κ1) is 14.5. The van der Waals surface area contributed by atoms with Crippen molar-refractivity contribution in [1.82, 2.24) is 10.6 Å². The third-order valence-corrected chi connectivity index (χ3v) is 4.33. The van der Waals surface area contributed by atoms with E-state index in [0.717, 1.165) is 6.42 Å². The first-order valence-electron chi connectivity index (χ1n) is 6.34. The Labute approximate surface area is 120 Å². The minimum atomic E-state index is -1.15. The molecule has 1 heterocycles. The molecule has 108 valence electrons. The van der Waals surface area contributed by atoms with E-state index in [1.54, 1.807) is 17.5 Å². The number of hydrogen-bond donors (Lipinski definition) is 3. The van der Waals surface area contributed by atoms with E-state index in [2.05, 4.69) is 10.6 Å². The van der Waals surface area contributed by atoms with Gasteiger partial charge in [-0.3, -0.25) is 9.59 Å². The number of thiophene rings is 1. The van der Waals surface area contributed by atoms with Gasteiger partial charge in [0, 0.05) is 0 Å². The van der Waals surface area contributed by atoms with Crippen LogP contribution in [0.3, 0.4) is 0 Å². The van der Waals surface area contributed by atoms with Crippen LogP contribution in [0, 0.1) is 0 Å². The number of carboxylic acids is 1. The lowest BCUT2D eigenvalue weighted by Gasteiger charge is -2.38. The molecule has 0 spiro atoms. The molecule has 3 N–H and O–H groups in total. The minimum absolute atomic E-state index is 0.333. The highest BCUT2D eigenvalue weighted by Gasteiger charge is 2.46. The fourth-order valence-corrected chi connectivity index (χ4v) is 2.63. The third-order valence-electron chi connectivity index (χ3n) is 3.46. The summed E-state index contributed by atoms with van der Waals surface area (Å²) >= 11 is 1.28. The number of rotatable bonds is 5. The van der Waals surface area contributed by atoms with Crippen molar-refractivity contribution < 1.29 is 19.5 Å². The highest BCUT2D eigenvalue weighted by atomic mass is 32.1. The Morgan fingerprint density at radius 1 is 1.40 bits per heavy atom. The van der Waals surface area contributed by atoms with Crippen LogP contribution in [0.25, 0.3) is 0 Å². The van der Waals surface area contributed by atoms with Crippen LogP contribution < -0.4 is 10.6 Å². The van der Waals surface area contributed by atoms with Crippen molar-refractivity contribution in [3.05, 3.63) is 22.4 Å². The summed E-state index contributed by atoms with van der Waals surface area (Å²) < 4.78 is 0. The quantitative estimate of drug-likeness (QED) is 0.755. The zero-order valence-electron chi connectivity index (χ0n) is 11.0. The molecule has 1 unspecified atom stereocenters. The van der Waals surface area contributed by atoms with Gasteiger partial charge >= 0.3 is 5.97 Å². The van der Waals surface area contributed by atoms with E-state index in [9.17, 15) is 14.4 Å². The van der Waals surface area contributed by atoms with Crippen LogP contribution in [0.15, 0.2) is 17.5 Å². The molecule has 20 heavy (non-hydrogen) atoms. The van der Waals surface area contributed by atoms with Crippen molar-refractivity contribution in [2.45, 2.75) is 37.8 Å². The Bertz CT molecular complexity index is 522. The Morgan fingerprint density at radius 3 is 2.55 bits per heavy atom. The lowest BCUT2D eigenvalue weighted by Crippen LogP contribution is -2.62. The molecule has 1 aromatic heterocycles. The molecule has 1 aliphatic carbocycles. The molecule has 1 atom stereocenters. The van der Waals surface area contributed by atoms with Gasteiger partial charge in [-0.1, -0.05) is 6.07 Å². The molecule has 0 bridgehead atoms. The molecule has 7 heteroatoms. The summed E-state index contributed by atoms with van der Waals surface area (Å²) in [5.41, 5.74) is -1.15. The van der Waals surface area contributed by atoms with Crippen LogP contribution in [0.4, 0.5) is 0 Å². The minimum Gasteiger partial charge on any atom is -0.480 e. The van der Waals surface area contributed by atoms with Crippen LogP contribution >= 0.6 is 11.3 Å². The van der Waals surface area contributed by atoms with Crippen molar-refractivity contribution in [2.24, 2.45) is 0 Å². The van der Waals surface area contributed by atoms with Crippen LogP contribution in [0.1, 0.15) is 35.9 Å². The van der Waals surface area contributed by atoms with Crippen molar-refractivity contribution in [3.8, 4) is 0 Å². The molecule has 2 rings (SSSR count). The molecule has 1 aliphatic rings. The van der Waals surface area contributed by atoms with E-state index >= 15 is 0 Å². The summed E-state index contributed by atoms with van der Waals surface area (Å²) in [6.07, 6.45) is 1.64. The van der Waals surface area contributed by atoms with E-state index in [4.69, 9.17) is 5.11 Å². The van der Waals surface area contributed by atoms with E-state index in [0.29, 0.717) is 17.7 Å². The van der Waals surface area contributed by atoms with Crippen LogP contribution in [0.5, 0.6) is 0 Å². The van der Waals surface area contributed by atoms with E-state index < -0.39 is 23.5 Å². The number of carbonyl (C=O) groups is 3. The number of carbonyl (C=O) groups excluding carboxylic acids is 2. The first-order valence-corrected chi connectivity index (χ1v) is 7.22. The monoisotopic (exact) mass is 296 g/mol. The highest BCUT2D eigenvalue weighted by molar-refractivity contribution is 7.12. The second-order valence-corrected chi connectivity index (χ2v) is 5.85. The van der Waals surface area contributed by atoms with Gasteiger partial charge in [0.1, 0.15) is 11.6 Å². The van der Waals surface area contributed by atoms with Gasteiger partial charge in [-0.25, -0.2) is 4.79 Å². The Balaban J connectivity index is 1.92. The molecule has 0 saturated heterocycles. The lowest BCUT2D eigenvalue weighted by atomic mass is 9.76. The van der Waals surface area contributed by atoms with Crippen LogP contribution in [-0.2, 0) is 9.59 Å². The molecule has 1 fully saturated rings. The molecule has 1 saturated carbocycles. The maximum absolute atomic E-state index is 12.0. The Morgan fingerprint density at radius 2 is 2.10 bits per heavy atom. The van der Waals surface area contributed by atoms with Crippen molar-refractivity contribution in [1.29, 1.82) is 0 Å². The largest absolute Gasteiger partial charge is 0.480 e. The van der Waals surface area contributed by atoms with Crippen molar-refractivity contribution in [2.75, 3.05) is 0 Å². The fraction of sp³-hybridized carbons (Fsp3) is 0.462. The summed E-state index contributed by atoms with van der Waals surface area (Å²) in [6, 6.07) is 2.63. The number of aliphatic carboxylic acids is 1. The zero-order chi connectivity index (χ0) is 14.8. The van der Waals surface area contributed by atoms with Crippen LogP contribution in [0.2, 0.25) is 0 Å². The average molecular weight is 296 g/mol. The molecular formula is C13H16N2O4S. The molecule has 2 amide bonds.